The average Bonchev–Trinajstić information content (AvgIpc) is 2.82. The first-order chi connectivity index (χ1) is 17.8. The summed E-state index contributed by atoms with van der Waals surface area (Å²) in [6.45, 7) is 1.32. The summed E-state index contributed by atoms with van der Waals surface area (Å²) in [5, 5.41) is 11.6. The van der Waals surface area contributed by atoms with E-state index in [1.165, 1.54) is 50.2 Å². The number of halogens is 3. The summed E-state index contributed by atoms with van der Waals surface area (Å²) in [6, 6.07) is 13.9. The molecule has 202 valence electrons. The van der Waals surface area contributed by atoms with E-state index in [4.69, 9.17) is 4.74 Å². The van der Waals surface area contributed by atoms with Gasteiger partial charge in [-0.3, -0.25) is 4.31 Å². The molecule has 0 saturated carbocycles. The predicted molar refractivity (Wildman–Crippen MR) is 132 cm³/mol. The Morgan fingerprint density at radius 2 is 1.85 bits per heavy atom. The molecule has 3 aromatic carbocycles. The molecule has 4 rings (SSSR count). The fourth-order valence-corrected chi connectivity index (χ4v) is 5.89. The number of ether oxygens (including phenoxy) is 2. The van der Waals surface area contributed by atoms with Gasteiger partial charge < -0.3 is 19.4 Å². The van der Waals surface area contributed by atoms with Crippen LogP contribution in [0.4, 0.5) is 18.9 Å². The number of aliphatic carboxylic acids is 1. The number of hydrogen-bond acceptors (Lipinski definition) is 6. The Balaban J connectivity index is 0.00000420. The molecule has 0 bridgehead atoms. The fourth-order valence-electron chi connectivity index (χ4n) is 4.28. The van der Waals surface area contributed by atoms with Crippen LogP contribution in [0.5, 0.6) is 11.5 Å². The van der Waals surface area contributed by atoms with Gasteiger partial charge >= 0.3 is 36.2 Å². The van der Waals surface area contributed by atoms with Crippen molar-refractivity contribution in [3.05, 3.63) is 72.0 Å². The van der Waals surface area contributed by atoms with Crippen LogP contribution in [0, 0.1) is 18.2 Å². The number of alkyl halides is 2. The van der Waals surface area contributed by atoms with E-state index in [9.17, 15) is 31.5 Å². The molecule has 0 radical (unpaired) electrons. The first-order valence-corrected chi connectivity index (χ1v) is 13.1. The van der Waals surface area contributed by atoms with Crippen molar-refractivity contribution in [2.45, 2.75) is 44.8 Å². The Morgan fingerprint density at radius 3 is 2.49 bits per heavy atom. The zero-order valence-corrected chi connectivity index (χ0v) is 24.6. The Bertz CT molecular complexity index is 1480. The molecule has 0 amide bonds. The van der Waals surface area contributed by atoms with E-state index in [1.54, 1.807) is 19.1 Å². The van der Waals surface area contributed by atoms with Crippen molar-refractivity contribution < 1.29 is 70.5 Å². The van der Waals surface area contributed by atoms with E-state index in [1.807, 2.05) is 0 Å². The van der Waals surface area contributed by atoms with Crippen molar-refractivity contribution in [1.82, 2.24) is 0 Å². The second-order valence-electron chi connectivity index (χ2n) is 9.70. The summed E-state index contributed by atoms with van der Waals surface area (Å²) in [5.74, 6) is -2.35. The van der Waals surface area contributed by atoms with Crippen LogP contribution < -0.4 is 48.4 Å². The molecule has 0 spiro atoms. The van der Waals surface area contributed by atoms with Crippen molar-refractivity contribution in [3.8, 4) is 22.6 Å². The molecule has 0 N–H and O–H groups in total. The van der Waals surface area contributed by atoms with E-state index in [0.717, 1.165) is 16.4 Å². The van der Waals surface area contributed by atoms with Crippen LogP contribution in [-0.4, -0.2) is 33.6 Å². The van der Waals surface area contributed by atoms with Crippen LogP contribution in [0.25, 0.3) is 11.1 Å². The van der Waals surface area contributed by atoms with Gasteiger partial charge in [0.25, 0.3) is 10.0 Å². The molecule has 0 fully saturated rings. The number of aryl methyl sites for hydroxylation is 1. The first kappa shape index (κ1) is 30.8. The minimum atomic E-state index is -4.15. The largest absolute Gasteiger partial charge is 1.00 e. The molecule has 0 unspecified atom stereocenters. The fraction of sp³-hybridized carbons (Fsp3) is 0.296. The quantitative estimate of drug-likeness (QED) is 0.381. The Kier molecular flexibility index (Phi) is 9.31. The minimum Gasteiger partial charge on any atom is -0.550 e. The maximum absolute atomic E-state index is 14.2. The molecule has 0 aromatic heterocycles. The molecule has 7 nitrogen and oxygen atoms in total. The number of hydrogen-bond donors (Lipinski definition) is 0. The first-order valence-electron chi connectivity index (χ1n) is 11.6. The second-order valence-corrected chi connectivity index (χ2v) is 11.6. The van der Waals surface area contributed by atoms with Crippen LogP contribution >= 0.6 is 0 Å². The van der Waals surface area contributed by atoms with Crippen LogP contribution in [0.3, 0.4) is 0 Å². The Morgan fingerprint density at radius 1 is 1.13 bits per heavy atom. The van der Waals surface area contributed by atoms with E-state index >= 15 is 0 Å². The van der Waals surface area contributed by atoms with Gasteiger partial charge in [0.1, 0.15) is 23.4 Å². The van der Waals surface area contributed by atoms with Crippen molar-refractivity contribution in [2.75, 3.05) is 10.8 Å². The van der Waals surface area contributed by atoms with Crippen molar-refractivity contribution >= 4 is 21.7 Å². The number of fused-ring (bicyclic) bond motifs is 1. The van der Waals surface area contributed by atoms with Gasteiger partial charge in [0.05, 0.1) is 17.1 Å². The molecule has 1 aliphatic rings. The van der Waals surface area contributed by atoms with Crippen LogP contribution in [0.1, 0.15) is 25.8 Å². The van der Waals surface area contributed by atoms with Crippen LogP contribution in [-0.2, 0) is 14.8 Å². The standard InChI is InChI=1S/C27H26F3NO6S.Na/c1-16-5-4-6-22(9-16)38(34,35)31-15-21(14-27(2,3)25(32)33)36-24-8-7-17(12-23(24)31)18-10-19(28)13-20(11-18)37-26(29)30;/h4-13,21,26H,14-15H2,1-3H3,(H,32,33);/q;+1/p-1/t21-;/m0./s1. The number of rotatable bonds is 8. The third-order valence-electron chi connectivity index (χ3n) is 6.19. The van der Waals surface area contributed by atoms with E-state index in [2.05, 4.69) is 4.74 Å². The number of benzene rings is 3. The number of carbonyl (C=O) groups excluding carboxylic acids is 1. The number of nitrogens with zero attached hydrogens (tertiary/aromatic N) is 1. The van der Waals surface area contributed by atoms with Gasteiger partial charge in [0.15, 0.2) is 0 Å². The topological polar surface area (TPSA) is 96.0 Å². The van der Waals surface area contributed by atoms with Gasteiger partial charge in [-0.05, 0) is 66.4 Å². The SMILES string of the molecule is Cc1cccc(S(=O)(=O)N2C[C@H](CC(C)(C)C(=O)[O-])Oc3ccc(-c4cc(F)cc(OC(F)F)c4)cc32)c1.[Na+]. The summed E-state index contributed by atoms with van der Waals surface area (Å²) in [4.78, 5) is 11.6. The van der Waals surface area contributed by atoms with Crippen LogP contribution in [0.15, 0.2) is 65.6 Å². The van der Waals surface area contributed by atoms with E-state index in [-0.39, 0.29) is 64.4 Å². The second kappa shape index (κ2) is 11.8. The van der Waals surface area contributed by atoms with Crippen LogP contribution in [0.2, 0.25) is 0 Å². The summed E-state index contributed by atoms with van der Waals surface area (Å²) in [7, 11) is -4.15. The molecule has 3 aromatic rings. The van der Waals surface area contributed by atoms with Crippen molar-refractivity contribution in [3.63, 3.8) is 0 Å². The van der Waals surface area contributed by atoms with Gasteiger partial charge in [0.2, 0.25) is 0 Å². The smallest absolute Gasteiger partial charge is 0.550 e. The van der Waals surface area contributed by atoms with Crippen molar-refractivity contribution in [1.29, 1.82) is 0 Å². The molecule has 0 saturated heterocycles. The molecular weight excluding hydrogens is 546 g/mol. The van der Waals surface area contributed by atoms with Gasteiger partial charge in [0, 0.05) is 17.5 Å². The summed E-state index contributed by atoms with van der Waals surface area (Å²) >= 11 is 0. The van der Waals surface area contributed by atoms with Gasteiger partial charge in [-0.1, -0.05) is 32.0 Å². The van der Waals surface area contributed by atoms with Gasteiger partial charge in [-0.2, -0.15) is 8.78 Å². The molecule has 1 atom stereocenters. The summed E-state index contributed by atoms with van der Waals surface area (Å²) in [5.41, 5.74) is 0.0469. The Labute approximate surface area is 246 Å². The molecule has 39 heavy (non-hydrogen) atoms. The molecule has 1 heterocycles. The predicted octanol–water partition coefficient (Wildman–Crippen LogP) is 1.53. The van der Waals surface area contributed by atoms with E-state index in [0.29, 0.717) is 11.1 Å². The molecule has 1 aliphatic heterocycles. The number of anilines is 1. The average molecular weight is 572 g/mol. The van der Waals surface area contributed by atoms with Gasteiger partial charge in [-0.15, -0.1) is 0 Å². The zero-order valence-electron chi connectivity index (χ0n) is 21.8. The molecular formula is C27H25F3NNaO6S. The number of carboxylic acids is 1. The number of carbonyl (C=O) groups is 1. The maximum atomic E-state index is 14.2. The third kappa shape index (κ3) is 6.89. The summed E-state index contributed by atoms with van der Waals surface area (Å²) in [6.07, 6.45) is -0.852. The molecule has 0 aliphatic carbocycles. The van der Waals surface area contributed by atoms with E-state index < -0.39 is 45.7 Å². The van der Waals surface area contributed by atoms with Gasteiger partial charge in [-0.25, -0.2) is 12.8 Å². The monoisotopic (exact) mass is 571 g/mol. The number of sulfonamides is 1. The van der Waals surface area contributed by atoms with Crippen molar-refractivity contribution in [2.24, 2.45) is 5.41 Å². The third-order valence-corrected chi connectivity index (χ3v) is 7.96. The Hall–Kier alpha value is -2.73. The zero-order chi connectivity index (χ0) is 27.8. The molecule has 12 heteroatoms. The maximum Gasteiger partial charge on any atom is 1.00 e. The minimum absolute atomic E-state index is 0. The number of carboxylic acid groups (broad SMARTS) is 1. The summed E-state index contributed by atoms with van der Waals surface area (Å²) < 4.78 is 78.7. The normalized spacial score (nSPS) is 15.3.